The number of hydrogen-bond acceptors (Lipinski definition) is 6. The number of aliphatic carboxylic acids is 3. The zero-order valence-electron chi connectivity index (χ0n) is 9.83. The normalized spacial score (nSPS) is 13.5. The molecule has 0 rings (SSSR count). The highest BCUT2D eigenvalue weighted by Gasteiger charge is 2.24. The summed E-state index contributed by atoms with van der Waals surface area (Å²) in [5.74, 6) is -4.85. The van der Waals surface area contributed by atoms with Gasteiger partial charge in [-0.25, -0.2) is 0 Å². The van der Waals surface area contributed by atoms with Crippen molar-refractivity contribution in [3.05, 3.63) is 0 Å². The first kappa shape index (κ1) is 16.8. The molecule has 2 unspecified atom stereocenters. The molecule has 0 bridgehead atoms. The molecule has 0 spiro atoms. The highest BCUT2D eigenvalue weighted by atomic mass is 16.4. The average molecular weight is 277 g/mol. The summed E-state index contributed by atoms with van der Waals surface area (Å²) >= 11 is 0. The van der Waals surface area contributed by atoms with E-state index in [2.05, 4.69) is 10.6 Å². The van der Waals surface area contributed by atoms with E-state index in [9.17, 15) is 19.2 Å². The van der Waals surface area contributed by atoms with Gasteiger partial charge in [-0.05, 0) is 0 Å². The molecular weight excluding hydrogens is 262 g/mol. The predicted molar refractivity (Wildman–Crippen MR) is 60.3 cm³/mol. The van der Waals surface area contributed by atoms with Crippen LogP contribution in [0.3, 0.4) is 0 Å². The molecule has 0 saturated carbocycles. The smallest absolute Gasteiger partial charge is 0.322 e. The van der Waals surface area contributed by atoms with Gasteiger partial charge in [-0.1, -0.05) is 0 Å². The molecule has 108 valence electrons. The fourth-order valence-electron chi connectivity index (χ4n) is 1.15. The number of carbonyl (C=O) groups is 4. The molecule has 0 aliphatic carbocycles. The standard InChI is InChI=1S/C9H15N3O7/c10-6(13)3-12-5(9(18)19)2-11-4(8(16)17)1-7(14)15/h4-5,11-12H,1-3H2,(H2,10,13)(H,14,15)(H,16,17)(H,18,19). The van der Waals surface area contributed by atoms with E-state index >= 15 is 0 Å². The Bertz CT molecular complexity index is 371. The second-order valence-electron chi connectivity index (χ2n) is 3.63. The van der Waals surface area contributed by atoms with Crippen LogP contribution in [-0.4, -0.2) is 64.3 Å². The molecule has 0 aromatic carbocycles. The zero-order valence-corrected chi connectivity index (χ0v) is 9.83. The summed E-state index contributed by atoms with van der Waals surface area (Å²) < 4.78 is 0. The van der Waals surface area contributed by atoms with Crippen LogP contribution in [0, 0.1) is 0 Å². The minimum Gasteiger partial charge on any atom is -0.481 e. The summed E-state index contributed by atoms with van der Waals surface area (Å²) in [6, 6.07) is -2.68. The van der Waals surface area contributed by atoms with Gasteiger partial charge >= 0.3 is 17.9 Å². The zero-order chi connectivity index (χ0) is 15.0. The van der Waals surface area contributed by atoms with Crippen molar-refractivity contribution in [3.8, 4) is 0 Å². The monoisotopic (exact) mass is 277 g/mol. The van der Waals surface area contributed by atoms with Crippen molar-refractivity contribution >= 4 is 23.8 Å². The van der Waals surface area contributed by atoms with Crippen LogP contribution in [0.15, 0.2) is 0 Å². The number of amides is 1. The number of nitrogens with two attached hydrogens (primary N) is 1. The van der Waals surface area contributed by atoms with Crippen molar-refractivity contribution in [1.82, 2.24) is 10.6 Å². The Morgan fingerprint density at radius 2 is 1.47 bits per heavy atom. The summed E-state index contributed by atoms with van der Waals surface area (Å²) in [6.45, 7) is -0.762. The Hall–Kier alpha value is -2.20. The summed E-state index contributed by atoms with van der Waals surface area (Å²) in [6.07, 6.45) is -0.697. The highest BCUT2D eigenvalue weighted by Crippen LogP contribution is 1.94. The van der Waals surface area contributed by atoms with Gasteiger partial charge < -0.3 is 26.4 Å². The van der Waals surface area contributed by atoms with E-state index in [1.54, 1.807) is 0 Å². The van der Waals surface area contributed by atoms with Gasteiger partial charge in [-0.2, -0.15) is 0 Å². The lowest BCUT2D eigenvalue weighted by Gasteiger charge is -2.17. The van der Waals surface area contributed by atoms with Gasteiger partial charge in [-0.3, -0.25) is 24.5 Å². The molecule has 0 aromatic heterocycles. The van der Waals surface area contributed by atoms with E-state index in [0.29, 0.717) is 0 Å². The van der Waals surface area contributed by atoms with Crippen molar-refractivity contribution in [2.45, 2.75) is 18.5 Å². The molecule has 10 heteroatoms. The predicted octanol–water partition coefficient (Wildman–Crippen LogP) is -2.97. The van der Waals surface area contributed by atoms with Gasteiger partial charge in [0.2, 0.25) is 5.91 Å². The first-order valence-corrected chi connectivity index (χ1v) is 5.16. The maximum absolute atomic E-state index is 10.8. The second kappa shape index (κ2) is 8.00. The van der Waals surface area contributed by atoms with Crippen LogP contribution >= 0.6 is 0 Å². The fourth-order valence-corrected chi connectivity index (χ4v) is 1.15. The molecule has 0 fully saturated rings. The summed E-state index contributed by atoms with van der Waals surface area (Å²) in [4.78, 5) is 42.4. The molecule has 0 aromatic rings. The quantitative estimate of drug-likeness (QED) is 0.243. The molecule has 0 aliphatic heterocycles. The Morgan fingerprint density at radius 3 is 1.84 bits per heavy atom. The molecule has 7 N–H and O–H groups in total. The number of rotatable bonds is 10. The van der Waals surface area contributed by atoms with Gasteiger partial charge in [0.25, 0.3) is 0 Å². The molecule has 2 atom stereocenters. The van der Waals surface area contributed by atoms with Crippen LogP contribution in [0.1, 0.15) is 6.42 Å². The minimum atomic E-state index is -1.42. The van der Waals surface area contributed by atoms with E-state index in [0.717, 1.165) is 0 Å². The Balaban J connectivity index is 4.41. The molecule has 1 amide bonds. The molecule has 0 aliphatic rings. The van der Waals surface area contributed by atoms with E-state index in [1.165, 1.54) is 0 Å². The average Bonchev–Trinajstić information content (AvgIpc) is 2.25. The molecular formula is C9H15N3O7. The third kappa shape index (κ3) is 7.68. The SMILES string of the molecule is NC(=O)CNC(CNC(CC(=O)O)C(=O)O)C(=O)O. The van der Waals surface area contributed by atoms with E-state index in [1.807, 2.05) is 0 Å². The number of carboxylic acids is 3. The van der Waals surface area contributed by atoms with Crippen molar-refractivity contribution in [2.75, 3.05) is 13.1 Å². The number of nitrogens with one attached hydrogen (secondary N) is 2. The first-order chi connectivity index (χ1) is 8.73. The van der Waals surface area contributed by atoms with E-state index in [4.69, 9.17) is 21.1 Å². The number of carboxylic acid groups (broad SMARTS) is 3. The maximum Gasteiger partial charge on any atom is 0.322 e. The Labute approximate surface area is 107 Å². The van der Waals surface area contributed by atoms with Gasteiger partial charge in [0, 0.05) is 6.54 Å². The lowest BCUT2D eigenvalue weighted by molar-refractivity contribution is -0.146. The van der Waals surface area contributed by atoms with Crippen LogP contribution < -0.4 is 16.4 Å². The van der Waals surface area contributed by atoms with E-state index < -0.39 is 48.9 Å². The van der Waals surface area contributed by atoms with Crippen LogP contribution in [-0.2, 0) is 19.2 Å². The van der Waals surface area contributed by atoms with Crippen molar-refractivity contribution in [3.63, 3.8) is 0 Å². The Kier molecular flexibility index (Phi) is 7.07. The third-order valence-corrected chi connectivity index (χ3v) is 2.07. The van der Waals surface area contributed by atoms with E-state index in [-0.39, 0.29) is 6.54 Å². The fraction of sp³-hybridized carbons (Fsp3) is 0.556. The lowest BCUT2D eigenvalue weighted by atomic mass is 10.2. The summed E-state index contributed by atoms with van der Waals surface area (Å²) in [5, 5.41) is 30.6. The van der Waals surface area contributed by atoms with Crippen LogP contribution in [0.25, 0.3) is 0 Å². The highest BCUT2D eigenvalue weighted by molar-refractivity contribution is 5.81. The number of carbonyl (C=O) groups excluding carboxylic acids is 1. The number of primary amides is 1. The Morgan fingerprint density at radius 1 is 0.947 bits per heavy atom. The third-order valence-electron chi connectivity index (χ3n) is 2.07. The number of hydrogen-bond donors (Lipinski definition) is 6. The van der Waals surface area contributed by atoms with Crippen LogP contribution in [0.4, 0.5) is 0 Å². The van der Waals surface area contributed by atoms with Gasteiger partial charge in [0.15, 0.2) is 0 Å². The van der Waals surface area contributed by atoms with Crippen molar-refractivity contribution < 1.29 is 34.5 Å². The molecule has 10 nitrogen and oxygen atoms in total. The van der Waals surface area contributed by atoms with Gasteiger partial charge in [0.1, 0.15) is 12.1 Å². The summed E-state index contributed by atoms with van der Waals surface area (Å²) in [5.41, 5.74) is 4.82. The molecule has 0 saturated heterocycles. The van der Waals surface area contributed by atoms with Gasteiger partial charge in [0.05, 0.1) is 13.0 Å². The molecule has 19 heavy (non-hydrogen) atoms. The lowest BCUT2D eigenvalue weighted by Crippen LogP contribution is -2.51. The maximum atomic E-state index is 10.8. The largest absolute Gasteiger partial charge is 0.481 e. The topological polar surface area (TPSA) is 179 Å². The summed E-state index contributed by atoms with van der Waals surface area (Å²) in [7, 11) is 0. The van der Waals surface area contributed by atoms with Crippen molar-refractivity contribution in [2.24, 2.45) is 5.73 Å². The molecule has 0 radical (unpaired) electrons. The minimum absolute atomic E-state index is 0.368. The van der Waals surface area contributed by atoms with Gasteiger partial charge in [-0.15, -0.1) is 0 Å². The van der Waals surface area contributed by atoms with Crippen LogP contribution in [0.5, 0.6) is 0 Å². The first-order valence-electron chi connectivity index (χ1n) is 5.16. The van der Waals surface area contributed by atoms with Crippen molar-refractivity contribution in [1.29, 1.82) is 0 Å². The van der Waals surface area contributed by atoms with Crippen LogP contribution in [0.2, 0.25) is 0 Å². The molecule has 0 heterocycles. The second-order valence-corrected chi connectivity index (χ2v) is 3.63.